The Labute approximate surface area is 260 Å². The molecule has 0 bridgehead atoms. The largest absolute Gasteiger partial charge is 0.474 e. The van der Waals surface area contributed by atoms with Crippen LogP contribution in [0.15, 0.2) is 47.5 Å². The lowest BCUT2D eigenvalue weighted by molar-refractivity contribution is -0.130. The van der Waals surface area contributed by atoms with Crippen LogP contribution in [0.3, 0.4) is 0 Å². The minimum Gasteiger partial charge on any atom is -0.474 e. The van der Waals surface area contributed by atoms with Crippen LogP contribution in [-0.4, -0.2) is 86.4 Å². The van der Waals surface area contributed by atoms with Crippen molar-refractivity contribution in [3.05, 3.63) is 60.3 Å². The summed E-state index contributed by atoms with van der Waals surface area (Å²) in [7, 11) is 1.85. The molecule has 4 heterocycles. The maximum absolute atomic E-state index is 14.7. The number of nitrogens with zero attached hydrogens (tertiary/aromatic N) is 7. The second kappa shape index (κ2) is 13.3. The summed E-state index contributed by atoms with van der Waals surface area (Å²) in [6.45, 7) is 9.67. The van der Waals surface area contributed by atoms with E-state index in [1.807, 2.05) is 18.9 Å². The van der Waals surface area contributed by atoms with Crippen molar-refractivity contribution in [2.45, 2.75) is 82.3 Å². The molecule has 5 rings (SSSR count). The SMILES string of the molecule is C=CC(=O)N1CC[C@H](Oc2cc(O[C@@H](C)[C@@H]3C[C@H](F)CN3C)nc(-c3noc(C(C)(C)c4ccccc4F)n3)n2)C[C@H]1CC#N. The van der Waals surface area contributed by atoms with Crippen molar-refractivity contribution in [1.82, 2.24) is 29.9 Å². The zero-order chi connectivity index (χ0) is 32.3. The maximum Gasteiger partial charge on any atom is 0.246 e. The van der Waals surface area contributed by atoms with Crippen LogP contribution in [0.4, 0.5) is 8.78 Å². The van der Waals surface area contributed by atoms with Gasteiger partial charge in [-0.05, 0) is 46.4 Å². The van der Waals surface area contributed by atoms with E-state index in [4.69, 9.17) is 14.0 Å². The van der Waals surface area contributed by atoms with Crippen LogP contribution < -0.4 is 9.47 Å². The highest BCUT2D eigenvalue weighted by Crippen LogP contribution is 2.34. The highest BCUT2D eigenvalue weighted by molar-refractivity contribution is 5.87. The molecule has 1 amide bonds. The first kappa shape index (κ1) is 32.0. The topological polar surface area (TPSA) is 130 Å². The molecule has 0 spiro atoms. The number of hydrogen-bond donors (Lipinski definition) is 0. The van der Waals surface area contributed by atoms with Crippen LogP contribution in [0, 0.1) is 17.1 Å². The monoisotopic (exact) mass is 621 g/mol. The molecular weight excluding hydrogens is 584 g/mol. The number of alkyl halides is 1. The van der Waals surface area contributed by atoms with Crippen LogP contribution in [0.2, 0.25) is 0 Å². The number of likely N-dealkylation sites (N-methyl/N-ethyl adjacent to an activating group) is 1. The standard InChI is InChI=1S/C32H37F2N7O4/c1-6-28(42)41-14-12-22(16-21(41)11-13-35)44-27-17-26(43-19(2)25-15-20(33)18-40(25)5)36-29(37-27)30-38-31(45-39-30)32(3,4)23-9-7-8-10-24(23)34/h6-10,17,19-22,25H,1,11-12,14-16,18H2,2-5H3/t19-,20-,21+,22-,25-/m0/s1. The molecule has 238 valence electrons. The number of rotatable bonds is 10. The van der Waals surface area contributed by atoms with Crippen LogP contribution in [0.1, 0.15) is 57.9 Å². The van der Waals surface area contributed by atoms with Gasteiger partial charge >= 0.3 is 0 Å². The molecule has 5 atom stereocenters. The number of nitriles is 1. The summed E-state index contributed by atoms with van der Waals surface area (Å²) in [6, 6.07) is 9.55. The van der Waals surface area contributed by atoms with Crippen molar-refractivity contribution < 1.29 is 27.6 Å². The lowest BCUT2D eigenvalue weighted by Crippen LogP contribution is -2.48. The van der Waals surface area contributed by atoms with Crippen molar-refractivity contribution in [2.24, 2.45) is 0 Å². The van der Waals surface area contributed by atoms with Gasteiger partial charge in [0.2, 0.25) is 35.2 Å². The number of ether oxygens (including phenoxy) is 2. The van der Waals surface area contributed by atoms with Gasteiger partial charge in [0.1, 0.15) is 24.2 Å². The van der Waals surface area contributed by atoms with Gasteiger partial charge in [0, 0.05) is 43.6 Å². The van der Waals surface area contributed by atoms with Crippen LogP contribution in [0.25, 0.3) is 11.6 Å². The fraction of sp³-hybridized carbons (Fsp3) is 0.500. The Bertz CT molecular complexity index is 1570. The van der Waals surface area contributed by atoms with E-state index in [-0.39, 0.29) is 59.8 Å². The van der Waals surface area contributed by atoms with Gasteiger partial charge in [0.05, 0.1) is 24.0 Å². The van der Waals surface area contributed by atoms with E-state index in [1.165, 1.54) is 12.1 Å². The zero-order valence-corrected chi connectivity index (χ0v) is 25.8. The molecule has 0 aliphatic carbocycles. The molecule has 13 heteroatoms. The van der Waals surface area contributed by atoms with E-state index >= 15 is 0 Å². The Morgan fingerprint density at radius 3 is 2.69 bits per heavy atom. The van der Waals surface area contributed by atoms with E-state index in [9.17, 15) is 18.8 Å². The van der Waals surface area contributed by atoms with E-state index in [0.29, 0.717) is 37.9 Å². The first-order valence-electron chi connectivity index (χ1n) is 15.0. The van der Waals surface area contributed by atoms with Crippen molar-refractivity contribution in [1.29, 1.82) is 5.26 Å². The summed E-state index contributed by atoms with van der Waals surface area (Å²) in [4.78, 5) is 29.5. The Kier molecular flexibility index (Phi) is 9.43. The minimum atomic E-state index is -0.957. The first-order chi connectivity index (χ1) is 21.5. The molecule has 1 aromatic carbocycles. The predicted octanol–water partition coefficient (Wildman–Crippen LogP) is 4.64. The van der Waals surface area contributed by atoms with Gasteiger partial charge in [0.25, 0.3) is 0 Å². The van der Waals surface area contributed by atoms with E-state index in [2.05, 4.69) is 32.8 Å². The average molecular weight is 622 g/mol. The minimum absolute atomic E-state index is 0.0490. The highest BCUT2D eigenvalue weighted by Gasteiger charge is 2.36. The van der Waals surface area contributed by atoms with Gasteiger partial charge in [-0.15, -0.1) is 0 Å². The normalized spacial score (nSPS) is 22.9. The van der Waals surface area contributed by atoms with Gasteiger partial charge < -0.3 is 18.9 Å². The number of hydrogen-bond acceptors (Lipinski definition) is 10. The number of benzene rings is 1. The average Bonchev–Trinajstić information content (AvgIpc) is 3.64. The smallest absolute Gasteiger partial charge is 0.246 e. The Morgan fingerprint density at radius 1 is 1.24 bits per heavy atom. The van der Waals surface area contributed by atoms with Gasteiger partial charge in [-0.2, -0.15) is 20.2 Å². The second-order valence-corrected chi connectivity index (χ2v) is 12.1. The number of amides is 1. The fourth-order valence-corrected chi connectivity index (χ4v) is 6.06. The molecular formula is C32H37F2N7O4. The molecule has 0 radical (unpaired) electrons. The number of carbonyl (C=O) groups excluding carboxylic acids is 1. The molecule has 2 fully saturated rings. The number of aromatic nitrogens is 4. The summed E-state index contributed by atoms with van der Waals surface area (Å²) >= 11 is 0. The zero-order valence-electron chi connectivity index (χ0n) is 25.8. The molecule has 45 heavy (non-hydrogen) atoms. The third-order valence-electron chi connectivity index (χ3n) is 8.52. The van der Waals surface area contributed by atoms with Gasteiger partial charge in [-0.25, -0.2) is 8.78 Å². The van der Waals surface area contributed by atoms with Crippen molar-refractivity contribution in [2.75, 3.05) is 20.1 Å². The first-order valence-corrected chi connectivity index (χ1v) is 15.0. The van der Waals surface area contributed by atoms with Crippen LogP contribution in [-0.2, 0) is 10.2 Å². The lowest BCUT2D eigenvalue weighted by atomic mass is 9.84. The quantitative estimate of drug-likeness (QED) is 0.295. The molecule has 2 saturated heterocycles. The number of halogens is 2. The van der Waals surface area contributed by atoms with E-state index < -0.39 is 23.5 Å². The van der Waals surface area contributed by atoms with E-state index in [1.54, 1.807) is 43.0 Å². The molecule has 2 aliphatic heterocycles. The van der Waals surface area contributed by atoms with Crippen molar-refractivity contribution >= 4 is 5.91 Å². The molecule has 0 saturated carbocycles. The Morgan fingerprint density at radius 2 is 2.00 bits per heavy atom. The fourth-order valence-electron chi connectivity index (χ4n) is 6.06. The summed E-state index contributed by atoms with van der Waals surface area (Å²) in [5.41, 5.74) is -0.572. The molecule has 3 aromatic rings. The summed E-state index contributed by atoms with van der Waals surface area (Å²) in [6.07, 6.45) is 0.914. The lowest BCUT2D eigenvalue weighted by Gasteiger charge is -2.37. The number of likely N-dealkylation sites (tertiary alicyclic amines) is 2. The third-order valence-corrected chi connectivity index (χ3v) is 8.52. The number of piperidine rings is 1. The van der Waals surface area contributed by atoms with Crippen LogP contribution in [0.5, 0.6) is 11.8 Å². The Balaban J connectivity index is 1.44. The Hall–Kier alpha value is -4.44. The molecule has 0 N–H and O–H groups in total. The number of carbonyl (C=O) groups is 1. The summed E-state index contributed by atoms with van der Waals surface area (Å²) in [5, 5.41) is 13.5. The van der Waals surface area contributed by atoms with Crippen molar-refractivity contribution in [3.8, 4) is 29.5 Å². The molecule has 2 aromatic heterocycles. The molecule has 11 nitrogen and oxygen atoms in total. The van der Waals surface area contributed by atoms with Gasteiger partial charge in [0.15, 0.2) is 0 Å². The summed E-state index contributed by atoms with van der Waals surface area (Å²) < 4.78 is 46.9. The van der Waals surface area contributed by atoms with Gasteiger partial charge in [-0.3, -0.25) is 9.69 Å². The van der Waals surface area contributed by atoms with Crippen LogP contribution >= 0.6 is 0 Å². The third kappa shape index (κ3) is 6.96. The second-order valence-electron chi connectivity index (χ2n) is 12.1. The molecule has 0 unspecified atom stereocenters. The van der Waals surface area contributed by atoms with E-state index in [0.717, 1.165) is 0 Å². The molecule has 2 aliphatic rings. The summed E-state index contributed by atoms with van der Waals surface area (Å²) in [5.74, 6) is -0.0191. The van der Waals surface area contributed by atoms with Gasteiger partial charge in [-0.1, -0.05) is 29.9 Å². The maximum atomic E-state index is 14.7. The van der Waals surface area contributed by atoms with Crippen molar-refractivity contribution in [3.63, 3.8) is 0 Å². The highest BCUT2D eigenvalue weighted by atomic mass is 19.1. The predicted molar refractivity (Wildman–Crippen MR) is 159 cm³/mol.